The molecule has 0 amide bonds. The SMILES string of the molecule is CC(C)(C)c1ccn(CCCO)n1. The van der Waals surface area contributed by atoms with Gasteiger partial charge in [0.15, 0.2) is 0 Å². The highest BCUT2D eigenvalue weighted by Crippen LogP contribution is 2.19. The van der Waals surface area contributed by atoms with Crippen LogP contribution in [0.2, 0.25) is 0 Å². The normalized spacial score (nSPS) is 12.0. The predicted octanol–water partition coefficient (Wildman–Crippen LogP) is 1.56. The van der Waals surface area contributed by atoms with Crippen LogP contribution >= 0.6 is 0 Å². The van der Waals surface area contributed by atoms with Crippen LogP contribution in [0.4, 0.5) is 0 Å². The van der Waals surface area contributed by atoms with E-state index in [-0.39, 0.29) is 12.0 Å². The van der Waals surface area contributed by atoms with Gasteiger partial charge in [-0.1, -0.05) is 20.8 Å². The molecule has 0 aliphatic carbocycles. The number of nitrogens with zero attached hydrogens (tertiary/aromatic N) is 2. The number of aromatic nitrogens is 2. The van der Waals surface area contributed by atoms with E-state index in [1.807, 2.05) is 16.9 Å². The second-order valence-electron chi connectivity index (χ2n) is 4.29. The highest BCUT2D eigenvalue weighted by atomic mass is 16.3. The molecule has 0 fully saturated rings. The van der Waals surface area contributed by atoms with Gasteiger partial charge in [0, 0.05) is 24.8 Å². The van der Waals surface area contributed by atoms with Gasteiger partial charge in [0.1, 0.15) is 0 Å². The molecule has 0 aliphatic rings. The third-order valence-electron chi connectivity index (χ3n) is 1.95. The van der Waals surface area contributed by atoms with E-state index in [1.54, 1.807) is 0 Å². The molecule has 3 heteroatoms. The number of aliphatic hydroxyl groups is 1. The fourth-order valence-corrected chi connectivity index (χ4v) is 1.12. The molecule has 1 aromatic rings. The van der Waals surface area contributed by atoms with Crippen LogP contribution in [0.1, 0.15) is 32.9 Å². The molecule has 1 rings (SSSR count). The zero-order valence-electron chi connectivity index (χ0n) is 8.62. The zero-order chi connectivity index (χ0) is 9.90. The van der Waals surface area contributed by atoms with Crippen molar-refractivity contribution in [2.45, 2.75) is 39.2 Å². The van der Waals surface area contributed by atoms with Gasteiger partial charge >= 0.3 is 0 Å². The molecule has 13 heavy (non-hydrogen) atoms. The molecule has 0 aliphatic heterocycles. The summed E-state index contributed by atoms with van der Waals surface area (Å²) in [5, 5.41) is 13.1. The van der Waals surface area contributed by atoms with Gasteiger partial charge in [-0.05, 0) is 12.5 Å². The van der Waals surface area contributed by atoms with Crippen LogP contribution in [0.5, 0.6) is 0 Å². The summed E-state index contributed by atoms with van der Waals surface area (Å²) in [5.41, 5.74) is 1.22. The molecule has 0 unspecified atom stereocenters. The van der Waals surface area contributed by atoms with E-state index in [9.17, 15) is 0 Å². The van der Waals surface area contributed by atoms with Gasteiger partial charge in [0.2, 0.25) is 0 Å². The van der Waals surface area contributed by atoms with E-state index in [2.05, 4.69) is 25.9 Å². The van der Waals surface area contributed by atoms with Gasteiger partial charge in [-0.2, -0.15) is 5.10 Å². The number of hydrogen-bond acceptors (Lipinski definition) is 2. The first-order chi connectivity index (χ1) is 6.04. The summed E-state index contributed by atoms with van der Waals surface area (Å²) in [6, 6.07) is 2.04. The van der Waals surface area contributed by atoms with Crippen molar-refractivity contribution in [3.05, 3.63) is 18.0 Å². The van der Waals surface area contributed by atoms with E-state index >= 15 is 0 Å². The first-order valence-electron chi connectivity index (χ1n) is 4.69. The molecule has 1 heterocycles. The Bertz CT molecular complexity index is 260. The average Bonchev–Trinajstić information content (AvgIpc) is 2.47. The second kappa shape index (κ2) is 3.92. The third kappa shape index (κ3) is 2.84. The average molecular weight is 182 g/mol. The molecule has 1 aromatic heterocycles. The Balaban J connectivity index is 2.64. The van der Waals surface area contributed by atoms with E-state index in [0.717, 1.165) is 18.7 Å². The lowest BCUT2D eigenvalue weighted by atomic mass is 9.93. The highest BCUT2D eigenvalue weighted by Gasteiger charge is 2.16. The van der Waals surface area contributed by atoms with Crippen molar-refractivity contribution >= 4 is 0 Å². The third-order valence-corrected chi connectivity index (χ3v) is 1.95. The van der Waals surface area contributed by atoms with Gasteiger partial charge < -0.3 is 5.11 Å². The van der Waals surface area contributed by atoms with Crippen molar-refractivity contribution in [1.82, 2.24) is 9.78 Å². The maximum Gasteiger partial charge on any atom is 0.0677 e. The van der Waals surface area contributed by atoms with E-state index < -0.39 is 0 Å². The fourth-order valence-electron chi connectivity index (χ4n) is 1.12. The Morgan fingerprint density at radius 2 is 2.15 bits per heavy atom. The van der Waals surface area contributed by atoms with E-state index in [1.165, 1.54) is 0 Å². The maximum atomic E-state index is 8.65. The Hall–Kier alpha value is -0.830. The molecule has 3 nitrogen and oxygen atoms in total. The lowest BCUT2D eigenvalue weighted by molar-refractivity contribution is 0.276. The van der Waals surface area contributed by atoms with Gasteiger partial charge in [-0.25, -0.2) is 0 Å². The van der Waals surface area contributed by atoms with Gasteiger partial charge in [0.05, 0.1) is 5.69 Å². The van der Waals surface area contributed by atoms with Gasteiger partial charge in [-0.15, -0.1) is 0 Å². The molecule has 0 saturated carbocycles. The van der Waals surface area contributed by atoms with Crippen LogP contribution in [-0.2, 0) is 12.0 Å². The first-order valence-corrected chi connectivity index (χ1v) is 4.69. The first kappa shape index (κ1) is 10.3. The van der Waals surface area contributed by atoms with Crippen LogP contribution in [0.15, 0.2) is 12.3 Å². The Labute approximate surface area is 79.4 Å². The maximum absolute atomic E-state index is 8.65. The Morgan fingerprint density at radius 3 is 2.62 bits per heavy atom. The summed E-state index contributed by atoms with van der Waals surface area (Å²) in [4.78, 5) is 0. The molecule has 0 bridgehead atoms. The van der Waals surface area contributed by atoms with Gasteiger partial charge in [0.25, 0.3) is 0 Å². The summed E-state index contributed by atoms with van der Waals surface area (Å²) in [5.74, 6) is 0. The Kier molecular flexibility index (Phi) is 3.09. The monoisotopic (exact) mass is 182 g/mol. The van der Waals surface area contributed by atoms with Crippen LogP contribution in [0.3, 0.4) is 0 Å². The fraction of sp³-hybridized carbons (Fsp3) is 0.700. The highest BCUT2D eigenvalue weighted by molar-refractivity contribution is 5.10. The minimum absolute atomic E-state index is 0.116. The van der Waals surface area contributed by atoms with Crippen LogP contribution in [-0.4, -0.2) is 21.5 Å². The molecule has 0 spiro atoms. The summed E-state index contributed by atoms with van der Waals surface area (Å²) in [6.07, 6.45) is 2.74. The zero-order valence-corrected chi connectivity index (χ0v) is 8.62. The van der Waals surface area contributed by atoms with Crippen molar-refractivity contribution in [1.29, 1.82) is 0 Å². The number of aryl methyl sites for hydroxylation is 1. The lowest BCUT2D eigenvalue weighted by Crippen LogP contribution is -2.13. The Morgan fingerprint density at radius 1 is 1.46 bits per heavy atom. The summed E-state index contributed by atoms with van der Waals surface area (Å²) in [7, 11) is 0. The molecule has 0 aromatic carbocycles. The van der Waals surface area contributed by atoms with Gasteiger partial charge in [-0.3, -0.25) is 4.68 Å². The van der Waals surface area contributed by atoms with E-state index in [4.69, 9.17) is 5.11 Å². The van der Waals surface area contributed by atoms with Crippen LogP contribution in [0.25, 0.3) is 0 Å². The van der Waals surface area contributed by atoms with Crippen LogP contribution < -0.4 is 0 Å². The number of hydrogen-bond donors (Lipinski definition) is 1. The van der Waals surface area contributed by atoms with E-state index in [0.29, 0.717) is 0 Å². The van der Waals surface area contributed by atoms with Crippen molar-refractivity contribution in [3.8, 4) is 0 Å². The molecule has 0 atom stereocenters. The number of aliphatic hydroxyl groups excluding tert-OH is 1. The van der Waals surface area contributed by atoms with Crippen molar-refractivity contribution in [2.75, 3.05) is 6.61 Å². The quantitative estimate of drug-likeness (QED) is 0.770. The molecule has 1 N–H and O–H groups in total. The summed E-state index contributed by atoms with van der Waals surface area (Å²) < 4.78 is 1.89. The van der Waals surface area contributed by atoms with Crippen LogP contribution in [0, 0.1) is 0 Å². The van der Waals surface area contributed by atoms with Crippen molar-refractivity contribution in [2.24, 2.45) is 0 Å². The molecular formula is C10H18N2O. The van der Waals surface area contributed by atoms with Crippen molar-refractivity contribution in [3.63, 3.8) is 0 Å². The topological polar surface area (TPSA) is 38.0 Å². The molecule has 0 saturated heterocycles. The second-order valence-corrected chi connectivity index (χ2v) is 4.29. The number of rotatable bonds is 3. The standard InChI is InChI=1S/C10H18N2O/c1-10(2,3)9-5-7-12(11-9)6-4-8-13/h5,7,13H,4,6,8H2,1-3H3. The predicted molar refractivity (Wildman–Crippen MR) is 52.6 cm³/mol. The molecular weight excluding hydrogens is 164 g/mol. The molecule has 74 valence electrons. The largest absolute Gasteiger partial charge is 0.396 e. The lowest BCUT2D eigenvalue weighted by Gasteiger charge is -2.14. The minimum Gasteiger partial charge on any atom is -0.396 e. The smallest absolute Gasteiger partial charge is 0.0677 e. The summed E-state index contributed by atoms with van der Waals surface area (Å²) in [6.45, 7) is 7.46. The van der Waals surface area contributed by atoms with Crippen molar-refractivity contribution < 1.29 is 5.11 Å². The minimum atomic E-state index is 0.116. The molecule has 0 radical (unpaired) electrons. The summed E-state index contributed by atoms with van der Waals surface area (Å²) >= 11 is 0.